The number of nitrogens with two attached hydrogens (primary N) is 1. The molecular formula is C17H22N6O3S. The maximum atomic E-state index is 12.7. The number of benzene rings is 1. The third-order valence-electron chi connectivity index (χ3n) is 3.66. The van der Waals surface area contributed by atoms with Gasteiger partial charge in [-0.05, 0) is 12.5 Å². The summed E-state index contributed by atoms with van der Waals surface area (Å²) in [6, 6.07) is 8.54. The number of aryl methyl sites for hydroxylation is 1. The Morgan fingerprint density at radius 3 is 2.56 bits per heavy atom. The van der Waals surface area contributed by atoms with E-state index in [4.69, 9.17) is 5.73 Å². The molecule has 1 heterocycles. The number of nitrogens with zero attached hydrogens (tertiary/aromatic N) is 3. The number of nitrogens with one attached hydrogen (secondary N) is 2. The number of primary amides is 1. The first kappa shape index (κ1) is 20.4. The van der Waals surface area contributed by atoms with Crippen molar-refractivity contribution in [3.63, 3.8) is 0 Å². The number of aromatic nitrogens is 3. The van der Waals surface area contributed by atoms with Crippen molar-refractivity contribution in [3.8, 4) is 0 Å². The van der Waals surface area contributed by atoms with Crippen LogP contribution in [0.3, 0.4) is 0 Å². The summed E-state index contributed by atoms with van der Waals surface area (Å²) in [5, 5.41) is 12.8. The van der Waals surface area contributed by atoms with E-state index >= 15 is 0 Å². The van der Waals surface area contributed by atoms with Gasteiger partial charge in [0.25, 0.3) is 0 Å². The molecule has 9 nitrogen and oxygen atoms in total. The molecule has 0 unspecified atom stereocenters. The highest BCUT2D eigenvalue weighted by Gasteiger charge is 2.26. The third kappa shape index (κ3) is 5.81. The normalized spacial score (nSPS) is 11.6. The van der Waals surface area contributed by atoms with Gasteiger partial charge < -0.3 is 15.6 Å². The van der Waals surface area contributed by atoms with Crippen molar-refractivity contribution in [2.75, 3.05) is 6.54 Å². The Hall–Kier alpha value is -2.88. The fourth-order valence-corrected chi connectivity index (χ4v) is 3.31. The molecule has 2 aromatic rings. The summed E-state index contributed by atoms with van der Waals surface area (Å²) >= 11 is 1.17. The van der Waals surface area contributed by atoms with Crippen LogP contribution >= 0.6 is 11.8 Å². The topological polar surface area (TPSA) is 132 Å². The maximum Gasteiger partial charge on any atom is 0.321 e. The minimum atomic E-state index is -0.694. The van der Waals surface area contributed by atoms with Crippen molar-refractivity contribution in [2.24, 2.45) is 12.8 Å². The molecule has 1 aromatic carbocycles. The van der Waals surface area contributed by atoms with Gasteiger partial charge in [0.1, 0.15) is 11.1 Å². The number of thioether (sulfide) groups is 1. The van der Waals surface area contributed by atoms with Crippen molar-refractivity contribution < 1.29 is 14.4 Å². The van der Waals surface area contributed by atoms with Crippen LogP contribution in [0.25, 0.3) is 0 Å². The summed E-state index contributed by atoms with van der Waals surface area (Å²) in [4.78, 5) is 35.4. The first-order valence-corrected chi connectivity index (χ1v) is 9.27. The van der Waals surface area contributed by atoms with Crippen LogP contribution in [-0.2, 0) is 23.1 Å². The van der Waals surface area contributed by atoms with Crippen molar-refractivity contribution in [1.29, 1.82) is 0 Å². The van der Waals surface area contributed by atoms with Crippen LogP contribution in [0.1, 0.15) is 30.0 Å². The van der Waals surface area contributed by atoms with Crippen LogP contribution < -0.4 is 16.4 Å². The van der Waals surface area contributed by atoms with Gasteiger partial charge in [-0.3, -0.25) is 14.9 Å². The molecule has 0 saturated carbocycles. The summed E-state index contributed by atoms with van der Waals surface area (Å²) in [7, 11) is 1.75. The molecule has 0 radical (unpaired) electrons. The Kier molecular flexibility index (Phi) is 7.35. The Morgan fingerprint density at radius 1 is 1.22 bits per heavy atom. The number of amides is 4. The monoisotopic (exact) mass is 390 g/mol. The molecule has 10 heteroatoms. The number of hydrogen-bond acceptors (Lipinski definition) is 6. The largest absolute Gasteiger partial charge is 0.370 e. The molecule has 4 N–H and O–H groups in total. The molecule has 1 aromatic heterocycles. The molecule has 27 heavy (non-hydrogen) atoms. The van der Waals surface area contributed by atoms with Crippen molar-refractivity contribution in [3.05, 3.63) is 41.7 Å². The summed E-state index contributed by atoms with van der Waals surface area (Å²) in [6.45, 7) is 2.18. The SMILES string of the molecule is CCNC(=O)NC(=O)[C@@H](Sc1nnc(CCC(N)=O)n1C)c1ccccc1. The lowest BCUT2D eigenvalue weighted by Crippen LogP contribution is -2.41. The number of hydrogen-bond donors (Lipinski definition) is 3. The van der Waals surface area contributed by atoms with Crippen molar-refractivity contribution in [2.45, 2.75) is 30.2 Å². The van der Waals surface area contributed by atoms with Crippen LogP contribution in [0.2, 0.25) is 0 Å². The van der Waals surface area contributed by atoms with E-state index in [1.165, 1.54) is 11.8 Å². The zero-order valence-electron chi connectivity index (χ0n) is 15.1. The Balaban J connectivity index is 2.21. The third-order valence-corrected chi connectivity index (χ3v) is 4.95. The second-order valence-electron chi connectivity index (χ2n) is 5.68. The molecule has 0 fully saturated rings. The average Bonchev–Trinajstić information content (AvgIpc) is 2.98. The highest BCUT2D eigenvalue weighted by Crippen LogP contribution is 2.34. The molecule has 4 amide bonds. The van der Waals surface area contributed by atoms with Gasteiger partial charge in [0.2, 0.25) is 11.8 Å². The molecular weight excluding hydrogens is 368 g/mol. The minimum Gasteiger partial charge on any atom is -0.370 e. The van der Waals surface area contributed by atoms with E-state index in [0.717, 1.165) is 5.56 Å². The Morgan fingerprint density at radius 2 is 1.93 bits per heavy atom. The van der Waals surface area contributed by atoms with Gasteiger partial charge in [0.15, 0.2) is 5.16 Å². The number of carbonyl (C=O) groups excluding carboxylic acids is 3. The molecule has 2 rings (SSSR count). The number of rotatable bonds is 8. The van der Waals surface area contributed by atoms with Crippen LogP contribution in [0.5, 0.6) is 0 Å². The second-order valence-corrected chi connectivity index (χ2v) is 6.75. The van der Waals surface area contributed by atoms with Gasteiger partial charge in [-0.1, -0.05) is 42.1 Å². The van der Waals surface area contributed by atoms with Gasteiger partial charge >= 0.3 is 6.03 Å². The summed E-state index contributed by atoms with van der Waals surface area (Å²) in [6.07, 6.45) is 0.525. The lowest BCUT2D eigenvalue weighted by Gasteiger charge is -2.16. The highest BCUT2D eigenvalue weighted by molar-refractivity contribution is 8.00. The van der Waals surface area contributed by atoms with E-state index in [1.807, 2.05) is 18.2 Å². The predicted octanol–water partition coefficient (Wildman–Crippen LogP) is 0.912. The number of carbonyl (C=O) groups is 3. The lowest BCUT2D eigenvalue weighted by molar-refractivity contribution is -0.120. The van der Waals surface area contributed by atoms with E-state index in [2.05, 4.69) is 20.8 Å². The molecule has 144 valence electrons. The minimum absolute atomic E-state index is 0.163. The number of imide groups is 1. The molecule has 0 saturated heterocycles. The molecule has 0 spiro atoms. The number of urea groups is 1. The Labute approximate surface area is 161 Å². The summed E-state index contributed by atoms with van der Waals surface area (Å²) < 4.78 is 1.71. The predicted molar refractivity (Wildman–Crippen MR) is 101 cm³/mol. The fourth-order valence-electron chi connectivity index (χ4n) is 2.29. The smallest absolute Gasteiger partial charge is 0.321 e. The first-order chi connectivity index (χ1) is 12.9. The van der Waals surface area contributed by atoms with Crippen LogP contribution in [0.15, 0.2) is 35.5 Å². The van der Waals surface area contributed by atoms with Gasteiger partial charge in [0.05, 0.1) is 0 Å². The summed E-state index contributed by atoms with van der Waals surface area (Å²) in [5.41, 5.74) is 5.90. The second kappa shape index (κ2) is 9.72. The Bertz CT molecular complexity index is 808. The van der Waals surface area contributed by atoms with Crippen LogP contribution in [-0.4, -0.2) is 39.2 Å². The van der Waals surface area contributed by atoms with E-state index < -0.39 is 23.1 Å². The van der Waals surface area contributed by atoms with E-state index in [-0.39, 0.29) is 6.42 Å². The highest BCUT2D eigenvalue weighted by atomic mass is 32.2. The van der Waals surface area contributed by atoms with Crippen LogP contribution in [0.4, 0.5) is 4.79 Å². The molecule has 1 atom stereocenters. The molecule has 0 aliphatic heterocycles. The molecule has 0 aliphatic rings. The maximum absolute atomic E-state index is 12.7. The zero-order chi connectivity index (χ0) is 19.8. The van der Waals surface area contributed by atoms with Crippen LogP contribution in [0, 0.1) is 0 Å². The van der Waals surface area contributed by atoms with E-state index in [0.29, 0.717) is 23.9 Å². The van der Waals surface area contributed by atoms with Gasteiger partial charge in [-0.15, -0.1) is 10.2 Å². The quantitative estimate of drug-likeness (QED) is 0.574. The van der Waals surface area contributed by atoms with Gasteiger partial charge in [-0.25, -0.2) is 4.79 Å². The standard InChI is InChI=1S/C17H22N6O3S/c1-3-19-16(26)20-15(25)14(11-7-5-4-6-8-11)27-17-22-21-13(23(17)2)10-9-12(18)24/h4-8,14H,3,9-10H2,1-2H3,(H2,18,24)(H2,19,20,25,26)/t14-/m0/s1. The van der Waals surface area contributed by atoms with E-state index in [9.17, 15) is 14.4 Å². The molecule has 0 bridgehead atoms. The summed E-state index contributed by atoms with van der Waals surface area (Å²) in [5.74, 6) is -0.290. The van der Waals surface area contributed by atoms with E-state index in [1.54, 1.807) is 30.7 Å². The van der Waals surface area contributed by atoms with Gasteiger partial charge in [0, 0.05) is 26.4 Å². The molecule has 0 aliphatic carbocycles. The van der Waals surface area contributed by atoms with Crippen molar-refractivity contribution in [1.82, 2.24) is 25.4 Å². The fraction of sp³-hybridized carbons (Fsp3) is 0.353. The lowest BCUT2D eigenvalue weighted by atomic mass is 10.1. The van der Waals surface area contributed by atoms with Crippen molar-refractivity contribution >= 4 is 29.6 Å². The zero-order valence-corrected chi connectivity index (χ0v) is 16.0. The first-order valence-electron chi connectivity index (χ1n) is 8.39. The average molecular weight is 390 g/mol. The van der Waals surface area contributed by atoms with Gasteiger partial charge in [-0.2, -0.15) is 0 Å².